The lowest BCUT2D eigenvalue weighted by Gasteiger charge is -2.20. The van der Waals surface area contributed by atoms with E-state index in [1.54, 1.807) is 59.9 Å². The first-order valence-electron chi connectivity index (χ1n) is 10.6. The van der Waals surface area contributed by atoms with Crippen LogP contribution in [0.3, 0.4) is 0 Å². The lowest BCUT2D eigenvalue weighted by Crippen LogP contribution is -2.31. The molecule has 2 aromatic carbocycles. The Morgan fingerprint density at radius 3 is 2.29 bits per heavy atom. The standard InChI is InChI=1S/C23H29N3O4S/c1-24-23(28)19-7-6-8-20(17-19)25-22(27)14-11-18-9-12-21(13-10-18)31(29,30)26-15-4-2-3-5-16-26/h6-10,12-13,17H,2-5,11,14-16H2,1H3,(H,24,28)(H,25,27). The fraction of sp³-hybridized carbons (Fsp3) is 0.391. The minimum Gasteiger partial charge on any atom is -0.355 e. The molecule has 166 valence electrons. The van der Waals surface area contributed by atoms with Gasteiger partial charge in [0, 0.05) is 37.8 Å². The maximum atomic E-state index is 12.9. The molecular formula is C23H29N3O4S. The maximum Gasteiger partial charge on any atom is 0.251 e. The normalized spacial score (nSPS) is 15.1. The van der Waals surface area contributed by atoms with Gasteiger partial charge in [0.1, 0.15) is 0 Å². The number of anilines is 1. The SMILES string of the molecule is CNC(=O)c1cccc(NC(=O)CCc2ccc(S(=O)(=O)N3CCCCCC3)cc2)c1. The lowest BCUT2D eigenvalue weighted by atomic mass is 10.1. The van der Waals surface area contributed by atoms with E-state index in [9.17, 15) is 18.0 Å². The molecule has 8 heteroatoms. The number of amides is 2. The van der Waals surface area contributed by atoms with Crippen LogP contribution in [0, 0.1) is 0 Å². The van der Waals surface area contributed by atoms with E-state index >= 15 is 0 Å². The molecule has 31 heavy (non-hydrogen) atoms. The van der Waals surface area contributed by atoms with Gasteiger partial charge >= 0.3 is 0 Å². The van der Waals surface area contributed by atoms with Gasteiger partial charge in [0.15, 0.2) is 0 Å². The van der Waals surface area contributed by atoms with Crippen LogP contribution < -0.4 is 10.6 Å². The predicted molar refractivity (Wildman–Crippen MR) is 120 cm³/mol. The highest BCUT2D eigenvalue weighted by molar-refractivity contribution is 7.89. The molecule has 0 aliphatic carbocycles. The minimum absolute atomic E-state index is 0.171. The van der Waals surface area contributed by atoms with Crippen molar-refractivity contribution in [1.29, 1.82) is 0 Å². The van der Waals surface area contributed by atoms with Gasteiger partial charge in [-0.2, -0.15) is 4.31 Å². The van der Waals surface area contributed by atoms with E-state index in [0.717, 1.165) is 31.2 Å². The highest BCUT2D eigenvalue weighted by atomic mass is 32.2. The summed E-state index contributed by atoms with van der Waals surface area (Å²) in [5.74, 6) is -0.387. The zero-order valence-electron chi connectivity index (χ0n) is 17.8. The van der Waals surface area contributed by atoms with E-state index in [1.807, 2.05) is 0 Å². The Balaban J connectivity index is 1.56. The van der Waals surface area contributed by atoms with Gasteiger partial charge < -0.3 is 10.6 Å². The number of hydrogen-bond acceptors (Lipinski definition) is 4. The molecule has 1 saturated heterocycles. The number of benzene rings is 2. The van der Waals surface area contributed by atoms with E-state index in [4.69, 9.17) is 0 Å². The largest absolute Gasteiger partial charge is 0.355 e. The summed E-state index contributed by atoms with van der Waals surface area (Å²) in [7, 11) is -1.91. The molecule has 1 aliphatic rings. The third kappa shape index (κ3) is 6.15. The Morgan fingerprint density at radius 1 is 0.968 bits per heavy atom. The topological polar surface area (TPSA) is 95.6 Å². The molecule has 1 aliphatic heterocycles. The van der Waals surface area contributed by atoms with Crippen LogP contribution in [0.2, 0.25) is 0 Å². The van der Waals surface area contributed by atoms with Crippen molar-refractivity contribution in [2.75, 3.05) is 25.5 Å². The summed E-state index contributed by atoms with van der Waals surface area (Å²) < 4.78 is 27.3. The number of hydrogen-bond donors (Lipinski definition) is 2. The zero-order chi connectivity index (χ0) is 22.3. The van der Waals surface area contributed by atoms with Gasteiger partial charge in [-0.25, -0.2) is 8.42 Å². The van der Waals surface area contributed by atoms with Crippen molar-refractivity contribution in [3.63, 3.8) is 0 Å². The summed E-state index contributed by atoms with van der Waals surface area (Å²) in [6.07, 6.45) is 4.69. The molecular weight excluding hydrogens is 414 g/mol. The van der Waals surface area contributed by atoms with Crippen molar-refractivity contribution in [3.05, 3.63) is 59.7 Å². The number of nitrogens with zero attached hydrogens (tertiary/aromatic N) is 1. The Bertz CT molecular complexity index is 1010. The molecule has 2 N–H and O–H groups in total. The minimum atomic E-state index is -3.47. The third-order valence-electron chi connectivity index (χ3n) is 5.40. The molecule has 0 spiro atoms. The lowest BCUT2D eigenvalue weighted by molar-refractivity contribution is -0.116. The van der Waals surface area contributed by atoms with Gasteiger partial charge in [0.05, 0.1) is 4.90 Å². The molecule has 2 amide bonds. The van der Waals surface area contributed by atoms with E-state index in [0.29, 0.717) is 35.7 Å². The second-order valence-electron chi connectivity index (χ2n) is 7.67. The van der Waals surface area contributed by atoms with Crippen molar-refractivity contribution in [2.24, 2.45) is 0 Å². The smallest absolute Gasteiger partial charge is 0.251 e. The molecule has 1 heterocycles. The molecule has 0 aromatic heterocycles. The Morgan fingerprint density at radius 2 is 1.65 bits per heavy atom. The second kappa shape index (κ2) is 10.5. The van der Waals surface area contributed by atoms with Gasteiger partial charge in [-0.3, -0.25) is 9.59 Å². The summed E-state index contributed by atoms with van der Waals surface area (Å²) in [4.78, 5) is 24.3. The number of aryl methyl sites for hydroxylation is 1. The third-order valence-corrected chi connectivity index (χ3v) is 7.32. The van der Waals surface area contributed by atoms with Crippen molar-refractivity contribution in [3.8, 4) is 0 Å². The fourth-order valence-electron chi connectivity index (χ4n) is 3.62. The van der Waals surface area contributed by atoms with Gasteiger partial charge in [-0.1, -0.05) is 31.0 Å². The highest BCUT2D eigenvalue weighted by Gasteiger charge is 2.24. The molecule has 7 nitrogen and oxygen atoms in total. The fourth-order valence-corrected chi connectivity index (χ4v) is 5.14. The van der Waals surface area contributed by atoms with E-state index in [-0.39, 0.29) is 18.2 Å². The molecule has 2 aromatic rings. The van der Waals surface area contributed by atoms with Crippen molar-refractivity contribution >= 4 is 27.5 Å². The van der Waals surface area contributed by atoms with Crippen LogP contribution in [0.5, 0.6) is 0 Å². The average Bonchev–Trinajstić information content (AvgIpc) is 3.08. The number of rotatable bonds is 7. The first-order chi connectivity index (χ1) is 14.9. The van der Waals surface area contributed by atoms with Crippen LogP contribution in [0.4, 0.5) is 5.69 Å². The zero-order valence-corrected chi connectivity index (χ0v) is 18.6. The molecule has 0 radical (unpaired) electrons. The molecule has 0 unspecified atom stereocenters. The molecule has 0 saturated carbocycles. The predicted octanol–water partition coefficient (Wildman–Crippen LogP) is 3.18. The molecule has 1 fully saturated rings. The summed E-state index contributed by atoms with van der Waals surface area (Å²) in [5, 5.41) is 5.34. The first kappa shape index (κ1) is 23.0. The van der Waals surface area contributed by atoms with Gasteiger partial charge in [-0.05, 0) is 55.2 Å². The van der Waals surface area contributed by atoms with Gasteiger partial charge in [0.2, 0.25) is 15.9 Å². The summed E-state index contributed by atoms with van der Waals surface area (Å²) >= 11 is 0. The van der Waals surface area contributed by atoms with Crippen LogP contribution in [0.1, 0.15) is 48.0 Å². The first-order valence-corrected chi connectivity index (χ1v) is 12.1. The van der Waals surface area contributed by atoms with Crippen molar-refractivity contribution in [2.45, 2.75) is 43.4 Å². The van der Waals surface area contributed by atoms with E-state index < -0.39 is 10.0 Å². The Hall–Kier alpha value is -2.71. The quantitative estimate of drug-likeness (QED) is 0.687. The van der Waals surface area contributed by atoms with Gasteiger partial charge in [-0.15, -0.1) is 0 Å². The van der Waals surface area contributed by atoms with Crippen LogP contribution >= 0.6 is 0 Å². The van der Waals surface area contributed by atoms with Crippen LogP contribution in [-0.2, 0) is 21.2 Å². The molecule has 0 atom stereocenters. The average molecular weight is 444 g/mol. The van der Waals surface area contributed by atoms with Crippen LogP contribution in [-0.4, -0.2) is 44.7 Å². The van der Waals surface area contributed by atoms with Crippen LogP contribution in [0.25, 0.3) is 0 Å². The summed E-state index contributed by atoms with van der Waals surface area (Å²) in [5.41, 5.74) is 1.93. The van der Waals surface area contributed by atoms with E-state index in [1.165, 1.54) is 0 Å². The summed E-state index contributed by atoms with van der Waals surface area (Å²) in [6, 6.07) is 13.5. The van der Waals surface area contributed by atoms with Crippen LogP contribution in [0.15, 0.2) is 53.4 Å². The molecule has 3 rings (SSSR count). The maximum absolute atomic E-state index is 12.9. The van der Waals surface area contributed by atoms with Gasteiger partial charge in [0.25, 0.3) is 5.91 Å². The monoisotopic (exact) mass is 443 g/mol. The van der Waals surface area contributed by atoms with E-state index in [2.05, 4.69) is 10.6 Å². The van der Waals surface area contributed by atoms with Crippen molar-refractivity contribution in [1.82, 2.24) is 9.62 Å². The number of nitrogens with one attached hydrogen (secondary N) is 2. The number of sulfonamides is 1. The Kier molecular flexibility index (Phi) is 7.81. The summed E-state index contributed by atoms with van der Waals surface area (Å²) in [6.45, 7) is 1.15. The second-order valence-corrected chi connectivity index (χ2v) is 9.61. The van der Waals surface area contributed by atoms with Crippen molar-refractivity contribution < 1.29 is 18.0 Å². The molecule has 0 bridgehead atoms. The number of carbonyl (C=O) groups is 2. The Labute approximate surface area is 183 Å². The number of carbonyl (C=O) groups excluding carboxylic acids is 2. The highest BCUT2D eigenvalue weighted by Crippen LogP contribution is 2.21.